The molecule has 4 nitrogen and oxygen atoms in total. The molecule has 20 heavy (non-hydrogen) atoms. The molecule has 2 N–H and O–H groups in total. The average molecular weight is 293 g/mol. The number of hydrogen-bond donors (Lipinski definition) is 1. The summed E-state index contributed by atoms with van der Waals surface area (Å²) in [5.41, 5.74) is 8.05. The van der Waals surface area contributed by atoms with Gasteiger partial charge in [0.25, 0.3) is 0 Å². The number of nitrogens with two attached hydrogens (primary N) is 1. The molecule has 0 aliphatic rings. The van der Waals surface area contributed by atoms with Gasteiger partial charge in [0.15, 0.2) is 0 Å². The highest BCUT2D eigenvalue weighted by Gasteiger charge is 2.08. The Hall–Kier alpha value is -2.20. The van der Waals surface area contributed by atoms with E-state index < -0.39 is 0 Å². The number of ether oxygens (including phenoxy) is 1. The summed E-state index contributed by atoms with van der Waals surface area (Å²) in [4.78, 5) is 12.3. The van der Waals surface area contributed by atoms with Gasteiger partial charge in [0.2, 0.25) is 6.41 Å². The molecule has 0 atom stereocenters. The lowest BCUT2D eigenvalue weighted by Crippen LogP contribution is -2.15. The van der Waals surface area contributed by atoms with Crippen LogP contribution in [0.4, 0.5) is 11.4 Å². The Balaban J connectivity index is 0.00000200. The largest absolute Gasteiger partial charge is 0.487 e. The van der Waals surface area contributed by atoms with Crippen molar-refractivity contribution in [3.63, 3.8) is 0 Å². The summed E-state index contributed by atoms with van der Waals surface area (Å²) in [6.07, 6.45) is 0.726. The van der Waals surface area contributed by atoms with Gasteiger partial charge in [-0.1, -0.05) is 30.3 Å². The quantitative estimate of drug-likeness (QED) is 0.681. The molecule has 0 aromatic heterocycles. The van der Waals surface area contributed by atoms with Crippen molar-refractivity contribution in [3.05, 3.63) is 54.1 Å². The van der Waals surface area contributed by atoms with Gasteiger partial charge in [-0.3, -0.25) is 4.79 Å². The second kappa shape index (κ2) is 7.40. The minimum absolute atomic E-state index is 0. The maximum atomic E-state index is 10.9. The summed E-state index contributed by atoms with van der Waals surface area (Å²) in [7, 11) is 1.66. The Bertz CT molecular complexity index is 561. The molecular formula is C15H17ClN2O2. The van der Waals surface area contributed by atoms with Crippen LogP contribution in [0.1, 0.15) is 5.56 Å². The molecule has 0 aliphatic heterocycles. The fourth-order valence-corrected chi connectivity index (χ4v) is 1.72. The predicted octanol–water partition coefficient (Wildman–Crippen LogP) is 2.86. The van der Waals surface area contributed by atoms with Crippen LogP contribution in [0.15, 0.2) is 48.5 Å². The number of amides is 1. The molecule has 0 unspecified atom stereocenters. The molecule has 0 aliphatic carbocycles. The van der Waals surface area contributed by atoms with Crippen LogP contribution in [0.3, 0.4) is 0 Å². The average Bonchev–Trinajstić information content (AvgIpc) is 2.46. The third-order valence-corrected chi connectivity index (χ3v) is 2.76. The summed E-state index contributed by atoms with van der Waals surface area (Å²) in [6, 6.07) is 15.1. The van der Waals surface area contributed by atoms with Gasteiger partial charge in [-0.15, -0.1) is 12.4 Å². The summed E-state index contributed by atoms with van der Waals surface area (Å²) in [6.45, 7) is 0.449. The third kappa shape index (κ3) is 3.90. The molecule has 2 rings (SSSR count). The smallest absolute Gasteiger partial charge is 0.213 e. The number of rotatable bonds is 5. The van der Waals surface area contributed by atoms with Gasteiger partial charge < -0.3 is 15.4 Å². The summed E-state index contributed by atoms with van der Waals surface area (Å²) >= 11 is 0. The molecule has 2 aromatic rings. The van der Waals surface area contributed by atoms with Gasteiger partial charge in [-0.2, -0.15) is 0 Å². The monoisotopic (exact) mass is 292 g/mol. The highest BCUT2D eigenvalue weighted by molar-refractivity contribution is 5.85. The second-order valence-electron chi connectivity index (χ2n) is 4.22. The first-order valence-corrected chi connectivity index (χ1v) is 5.95. The standard InChI is InChI=1S/C15H16N2O2.ClH/c1-17(11-18)14-9-13(16)7-8-15(14)19-10-12-5-3-2-4-6-12;/h2-9,11H,10,16H2,1H3;1H. The van der Waals surface area contributed by atoms with Gasteiger partial charge in [0, 0.05) is 12.7 Å². The number of hydrogen-bond acceptors (Lipinski definition) is 3. The SMILES string of the molecule is CN(C=O)c1cc(N)ccc1OCc1ccccc1.Cl. The lowest BCUT2D eigenvalue weighted by molar-refractivity contribution is -0.107. The normalized spacial score (nSPS) is 9.45. The zero-order chi connectivity index (χ0) is 13.7. The number of carbonyl (C=O) groups is 1. The fourth-order valence-electron chi connectivity index (χ4n) is 1.72. The Morgan fingerprint density at radius 3 is 2.55 bits per heavy atom. The van der Waals surface area contributed by atoms with Crippen LogP contribution in [-0.2, 0) is 11.4 Å². The highest BCUT2D eigenvalue weighted by atomic mass is 35.5. The van der Waals surface area contributed by atoms with Gasteiger partial charge in [-0.25, -0.2) is 0 Å². The van der Waals surface area contributed by atoms with Gasteiger partial charge in [0.1, 0.15) is 12.4 Å². The van der Waals surface area contributed by atoms with E-state index in [1.165, 1.54) is 4.90 Å². The molecule has 1 amide bonds. The predicted molar refractivity (Wildman–Crippen MR) is 83.3 cm³/mol. The maximum Gasteiger partial charge on any atom is 0.213 e. The number of anilines is 2. The van der Waals surface area contributed by atoms with Crippen LogP contribution < -0.4 is 15.4 Å². The highest BCUT2D eigenvalue weighted by Crippen LogP contribution is 2.29. The van der Waals surface area contributed by atoms with E-state index >= 15 is 0 Å². The summed E-state index contributed by atoms with van der Waals surface area (Å²) in [5.74, 6) is 0.632. The molecular weight excluding hydrogens is 276 g/mol. The number of benzene rings is 2. The van der Waals surface area contributed by atoms with Crippen LogP contribution in [0.25, 0.3) is 0 Å². The molecule has 2 aromatic carbocycles. The van der Waals surface area contributed by atoms with E-state index in [-0.39, 0.29) is 12.4 Å². The van der Waals surface area contributed by atoms with E-state index in [9.17, 15) is 4.79 Å². The molecule has 0 heterocycles. The van der Waals surface area contributed by atoms with Gasteiger partial charge in [0.05, 0.1) is 5.69 Å². The lowest BCUT2D eigenvalue weighted by atomic mass is 10.2. The number of carbonyl (C=O) groups excluding carboxylic acids is 1. The number of halogens is 1. The molecule has 0 radical (unpaired) electrons. The van der Waals surface area contributed by atoms with Crippen LogP contribution >= 0.6 is 12.4 Å². The topological polar surface area (TPSA) is 55.6 Å². The zero-order valence-electron chi connectivity index (χ0n) is 11.2. The summed E-state index contributed by atoms with van der Waals surface area (Å²) < 4.78 is 5.75. The first-order chi connectivity index (χ1) is 9.20. The number of nitrogen functional groups attached to an aromatic ring is 1. The fraction of sp³-hybridized carbons (Fsp3) is 0.133. The van der Waals surface area contributed by atoms with Crippen molar-refractivity contribution in [3.8, 4) is 5.75 Å². The van der Waals surface area contributed by atoms with Crippen molar-refractivity contribution < 1.29 is 9.53 Å². The van der Waals surface area contributed by atoms with Crippen LogP contribution in [0.2, 0.25) is 0 Å². The summed E-state index contributed by atoms with van der Waals surface area (Å²) in [5, 5.41) is 0. The van der Waals surface area contributed by atoms with E-state index in [1.807, 2.05) is 30.3 Å². The van der Waals surface area contributed by atoms with Crippen LogP contribution in [-0.4, -0.2) is 13.5 Å². The minimum Gasteiger partial charge on any atom is -0.487 e. The Morgan fingerprint density at radius 1 is 1.20 bits per heavy atom. The van der Waals surface area contributed by atoms with Crippen molar-refractivity contribution in [1.82, 2.24) is 0 Å². The van der Waals surface area contributed by atoms with E-state index in [1.54, 1.807) is 25.2 Å². The molecule has 0 fully saturated rings. The van der Waals surface area contributed by atoms with Crippen molar-refractivity contribution in [2.24, 2.45) is 0 Å². The van der Waals surface area contributed by atoms with Crippen molar-refractivity contribution >= 4 is 30.2 Å². The molecule has 106 valence electrons. The maximum absolute atomic E-state index is 10.9. The lowest BCUT2D eigenvalue weighted by Gasteiger charge is -2.17. The molecule has 0 saturated heterocycles. The van der Waals surface area contributed by atoms with E-state index in [4.69, 9.17) is 10.5 Å². The van der Waals surface area contributed by atoms with E-state index in [2.05, 4.69) is 0 Å². The Kier molecular flexibility index (Phi) is 5.87. The number of nitrogens with zero attached hydrogens (tertiary/aromatic N) is 1. The van der Waals surface area contributed by atoms with Gasteiger partial charge in [-0.05, 0) is 23.8 Å². The zero-order valence-corrected chi connectivity index (χ0v) is 12.0. The van der Waals surface area contributed by atoms with Crippen LogP contribution in [0, 0.1) is 0 Å². The van der Waals surface area contributed by atoms with Crippen molar-refractivity contribution in [1.29, 1.82) is 0 Å². The Labute approximate surface area is 124 Å². The second-order valence-corrected chi connectivity index (χ2v) is 4.22. The van der Waals surface area contributed by atoms with Crippen molar-refractivity contribution in [2.75, 3.05) is 17.7 Å². The Morgan fingerprint density at radius 2 is 1.90 bits per heavy atom. The van der Waals surface area contributed by atoms with Gasteiger partial charge >= 0.3 is 0 Å². The third-order valence-electron chi connectivity index (χ3n) is 2.76. The van der Waals surface area contributed by atoms with E-state index in [0.29, 0.717) is 23.7 Å². The molecule has 0 spiro atoms. The molecule has 0 saturated carbocycles. The first-order valence-electron chi connectivity index (χ1n) is 5.95. The van der Waals surface area contributed by atoms with Crippen molar-refractivity contribution in [2.45, 2.75) is 6.61 Å². The van der Waals surface area contributed by atoms with Crippen LogP contribution in [0.5, 0.6) is 5.75 Å². The minimum atomic E-state index is 0. The first kappa shape index (κ1) is 15.9. The van der Waals surface area contributed by atoms with E-state index in [0.717, 1.165) is 12.0 Å². The molecule has 5 heteroatoms. The molecule has 0 bridgehead atoms.